The molecule has 0 aromatic heterocycles. The van der Waals surface area contributed by atoms with Crippen LogP contribution in [0.4, 0.5) is 0 Å². The van der Waals surface area contributed by atoms with E-state index < -0.39 is 0 Å². The molecule has 2 rings (SSSR count). The van der Waals surface area contributed by atoms with Gasteiger partial charge in [-0.3, -0.25) is 0 Å². The molecule has 0 unspecified atom stereocenters. The average Bonchev–Trinajstić information content (AvgIpc) is 2.57. The van der Waals surface area contributed by atoms with Gasteiger partial charge in [0, 0.05) is 0 Å². The fourth-order valence-corrected chi connectivity index (χ4v) is 0.723. The first-order valence-corrected chi connectivity index (χ1v) is 2.52. The number of hydrogen-bond donors (Lipinski definition) is 2. The SMILES string of the molecule is Oc1ccc(O)c2c1O2. The molecule has 9 heavy (non-hydrogen) atoms. The Bertz CT molecular complexity index is 240. The molecule has 0 bridgehead atoms. The fourth-order valence-electron chi connectivity index (χ4n) is 0.723. The predicted octanol–water partition coefficient (Wildman–Crippen LogP) is 1.20. The molecule has 0 aliphatic carbocycles. The van der Waals surface area contributed by atoms with Crippen LogP contribution in [0.2, 0.25) is 0 Å². The lowest BCUT2D eigenvalue weighted by molar-refractivity contribution is 0.461. The molecule has 0 saturated carbocycles. The minimum atomic E-state index is 0.0859. The summed E-state index contributed by atoms with van der Waals surface area (Å²) >= 11 is 0. The second-order valence-corrected chi connectivity index (χ2v) is 1.86. The minimum Gasteiger partial charge on any atom is -0.504 e. The highest BCUT2D eigenvalue weighted by molar-refractivity contribution is 5.68. The van der Waals surface area contributed by atoms with Gasteiger partial charge >= 0.3 is 0 Å². The first-order valence-electron chi connectivity index (χ1n) is 2.52. The van der Waals surface area contributed by atoms with Gasteiger partial charge in [-0.1, -0.05) is 0 Å². The van der Waals surface area contributed by atoms with Crippen molar-refractivity contribution in [3.8, 4) is 23.0 Å². The molecule has 3 heteroatoms. The third-order valence-electron chi connectivity index (χ3n) is 1.23. The third-order valence-corrected chi connectivity index (χ3v) is 1.23. The highest BCUT2D eigenvalue weighted by atomic mass is 16.6. The number of hydrogen-bond acceptors (Lipinski definition) is 3. The van der Waals surface area contributed by atoms with Gasteiger partial charge in [-0.05, 0) is 12.1 Å². The second kappa shape index (κ2) is 1.13. The van der Waals surface area contributed by atoms with Gasteiger partial charge in [-0.2, -0.15) is 0 Å². The van der Waals surface area contributed by atoms with Gasteiger partial charge in [0.2, 0.25) is 11.5 Å². The van der Waals surface area contributed by atoms with Crippen LogP contribution in [0.5, 0.6) is 23.0 Å². The van der Waals surface area contributed by atoms with Crippen molar-refractivity contribution in [2.45, 2.75) is 0 Å². The highest BCUT2D eigenvalue weighted by Crippen LogP contribution is 2.57. The topological polar surface area (TPSA) is 53.0 Å². The molecule has 2 N–H and O–H groups in total. The molecule has 0 spiro atoms. The standard InChI is InChI=1S/C6H4O3/c7-3-1-2-4(8)6-5(3)9-6/h1-2,7-8H. The van der Waals surface area contributed by atoms with Gasteiger partial charge in [0.1, 0.15) is 0 Å². The van der Waals surface area contributed by atoms with E-state index in [2.05, 4.69) is 0 Å². The van der Waals surface area contributed by atoms with Crippen molar-refractivity contribution in [2.75, 3.05) is 0 Å². The Morgan fingerprint density at radius 1 is 1.00 bits per heavy atom. The van der Waals surface area contributed by atoms with Gasteiger partial charge in [0.25, 0.3) is 0 Å². The molecule has 0 fully saturated rings. The average molecular weight is 124 g/mol. The van der Waals surface area contributed by atoms with Crippen LogP contribution in [-0.2, 0) is 0 Å². The van der Waals surface area contributed by atoms with Crippen molar-refractivity contribution in [1.82, 2.24) is 0 Å². The van der Waals surface area contributed by atoms with E-state index in [9.17, 15) is 0 Å². The van der Waals surface area contributed by atoms with E-state index in [-0.39, 0.29) is 11.5 Å². The molecule has 0 amide bonds. The van der Waals surface area contributed by atoms with Crippen molar-refractivity contribution in [3.05, 3.63) is 12.1 Å². The van der Waals surface area contributed by atoms with Crippen LogP contribution in [0.3, 0.4) is 0 Å². The Morgan fingerprint density at radius 3 is 1.89 bits per heavy atom. The molecule has 0 saturated heterocycles. The lowest BCUT2D eigenvalue weighted by Gasteiger charge is -1.82. The third kappa shape index (κ3) is 0.455. The number of ether oxygens (including phenoxy) is 1. The Labute approximate surface area is 51.1 Å². The van der Waals surface area contributed by atoms with Gasteiger partial charge < -0.3 is 14.9 Å². The minimum absolute atomic E-state index is 0.0859. The summed E-state index contributed by atoms with van der Waals surface area (Å²) in [4.78, 5) is 0. The second-order valence-electron chi connectivity index (χ2n) is 1.86. The summed E-state index contributed by atoms with van der Waals surface area (Å²) in [5.41, 5.74) is 0. The lowest BCUT2D eigenvalue weighted by Crippen LogP contribution is -1.54. The zero-order chi connectivity index (χ0) is 6.43. The Kier molecular flexibility index (Phi) is 0.563. The Hall–Kier alpha value is -1.38. The van der Waals surface area contributed by atoms with E-state index in [1.165, 1.54) is 12.1 Å². The maximum atomic E-state index is 8.86. The number of rotatable bonds is 0. The van der Waals surface area contributed by atoms with Crippen molar-refractivity contribution < 1.29 is 14.9 Å². The maximum absolute atomic E-state index is 8.86. The smallest absolute Gasteiger partial charge is 0.215 e. The summed E-state index contributed by atoms with van der Waals surface area (Å²) in [6.07, 6.45) is 0. The molecule has 46 valence electrons. The summed E-state index contributed by atoms with van der Waals surface area (Å²) < 4.78 is 4.70. The maximum Gasteiger partial charge on any atom is 0.215 e. The van der Waals surface area contributed by atoms with Gasteiger partial charge in [0.05, 0.1) is 0 Å². The molecular formula is C6H4O3. The molecule has 0 radical (unpaired) electrons. The van der Waals surface area contributed by atoms with Crippen LogP contribution >= 0.6 is 0 Å². The van der Waals surface area contributed by atoms with E-state index in [1.807, 2.05) is 0 Å². The molecular weight excluding hydrogens is 120 g/mol. The van der Waals surface area contributed by atoms with E-state index in [4.69, 9.17) is 14.9 Å². The first-order chi connectivity index (χ1) is 4.29. The van der Waals surface area contributed by atoms with Crippen LogP contribution in [0.1, 0.15) is 0 Å². The van der Waals surface area contributed by atoms with Crippen LogP contribution in [0.15, 0.2) is 12.1 Å². The van der Waals surface area contributed by atoms with Crippen molar-refractivity contribution in [3.63, 3.8) is 0 Å². The quantitative estimate of drug-likeness (QED) is 0.410. The van der Waals surface area contributed by atoms with Gasteiger partial charge in [-0.15, -0.1) is 0 Å². The number of fused-ring (bicyclic) bond motifs is 1. The summed E-state index contributed by atoms with van der Waals surface area (Å²) in [5.74, 6) is 0.968. The van der Waals surface area contributed by atoms with E-state index >= 15 is 0 Å². The number of aromatic hydroxyl groups is 2. The van der Waals surface area contributed by atoms with E-state index in [0.29, 0.717) is 11.5 Å². The monoisotopic (exact) mass is 124 g/mol. The van der Waals surface area contributed by atoms with E-state index in [0.717, 1.165) is 0 Å². The normalized spacial score (nSPS) is 12.0. The molecule has 1 aliphatic heterocycles. The summed E-state index contributed by atoms with van der Waals surface area (Å²) in [5, 5.41) is 17.7. The summed E-state index contributed by atoms with van der Waals surface area (Å²) in [6, 6.07) is 2.78. The largest absolute Gasteiger partial charge is 0.504 e. The van der Waals surface area contributed by atoms with Crippen molar-refractivity contribution >= 4 is 0 Å². The van der Waals surface area contributed by atoms with Crippen molar-refractivity contribution in [2.24, 2.45) is 0 Å². The summed E-state index contributed by atoms with van der Waals surface area (Å²) in [6.45, 7) is 0. The van der Waals surface area contributed by atoms with Crippen LogP contribution < -0.4 is 4.74 Å². The van der Waals surface area contributed by atoms with Gasteiger partial charge in [-0.25, -0.2) is 0 Å². The predicted molar refractivity (Wildman–Crippen MR) is 29.8 cm³/mol. The van der Waals surface area contributed by atoms with Crippen LogP contribution in [-0.4, -0.2) is 10.2 Å². The first kappa shape index (κ1) is 4.49. The number of benzene rings is 1. The highest BCUT2D eigenvalue weighted by Gasteiger charge is 2.28. The lowest BCUT2D eigenvalue weighted by atomic mass is 10.3. The van der Waals surface area contributed by atoms with E-state index in [1.54, 1.807) is 0 Å². The molecule has 0 atom stereocenters. The molecule has 1 heterocycles. The number of phenolic OH excluding ortho intramolecular Hbond substituents is 2. The Morgan fingerprint density at radius 2 is 1.44 bits per heavy atom. The van der Waals surface area contributed by atoms with Crippen molar-refractivity contribution in [1.29, 1.82) is 0 Å². The van der Waals surface area contributed by atoms with Crippen LogP contribution in [0, 0.1) is 0 Å². The molecule has 3 nitrogen and oxygen atoms in total. The molecule has 1 aromatic rings. The molecule has 1 aliphatic rings. The zero-order valence-electron chi connectivity index (χ0n) is 4.46. The van der Waals surface area contributed by atoms with Crippen LogP contribution in [0.25, 0.3) is 0 Å². The number of phenols is 2. The van der Waals surface area contributed by atoms with Gasteiger partial charge in [0.15, 0.2) is 11.5 Å². The fraction of sp³-hybridized carbons (Fsp3) is 0. The Balaban J connectivity index is 2.68. The zero-order valence-corrected chi connectivity index (χ0v) is 4.46. The summed E-state index contributed by atoms with van der Waals surface area (Å²) in [7, 11) is 0. The molecule has 1 aromatic carbocycles.